The molecule has 0 unspecified atom stereocenters. The van der Waals surface area contributed by atoms with E-state index in [2.05, 4.69) is 0 Å². The minimum Gasteiger partial charge on any atom is -0.396 e. The Bertz CT molecular complexity index is 847. The predicted octanol–water partition coefficient (Wildman–Crippen LogP) is 2.21. The monoisotopic (exact) mass is 279 g/mol. The van der Waals surface area contributed by atoms with Gasteiger partial charge in [-0.05, 0) is 12.8 Å². The molecule has 0 saturated heterocycles. The van der Waals surface area contributed by atoms with Crippen molar-refractivity contribution < 1.29 is 13.2 Å². The molecule has 1 aromatic carbocycles. The summed E-state index contributed by atoms with van der Waals surface area (Å²) in [4.78, 5) is 12.0. The van der Waals surface area contributed by atoms with Gasteiger partial charge in [-0.25, -0.2) is 13.2 Å². The third-order valence-corrected chi connectivity index (χ3v) is 3.39. The number of nitriles is 1. The second-order valence-electron chi connectivity index (χ2n) is 4.70. The van der Waals surface area contributed by atoms with E-state index in [9.17, 15) is 18.0 Å². The van der Waals surface area contributed by atoms with Gasteiger partial charge in [0.1, 0.15) is 11.6 Å². The molecular formula is C13H8F3N3O. The maximum absolute atomic E-state index is 14.0. The molecule has 0 radical (unpaired) electrons. The Morgan fingerprint density at radius 2 is 1.90 bits per heavy atom. The number of rotatable bonds is 1. The maximum atomic E-state index is 14.0. The highest BCUT2D eigenvalue weighted by Gasteiger charge is 2.30. The number of hydrogen-bond acceptors (Lipinski definition) is 3. The molecule has 0 spiro atoms. The van der Waals surface area contributed by atoms with Crippen LogP contribution in [-0.4, -0.2) is 4.57 Å². The first-order valence-corrected chi connectivity index (χ1v) is 5.88. The molecule has 0 bridgehead atoms. The van der Waals surface area contributed by atoms with Gasteiger partial charge in [-0.15, -0.1) is 0 Å². The van der Waals surface area contributed by atoms with Crippen molar-refractivity contribution in [2.45, 2.75) is 18.9 Å². The Kier molecular flexibility index (Phi) is 2.51. The Hall–Kier alpha value is -2.49. The van der Waals surface area contributed by atoms with Crippen LogP contribution in [0, 0.1) is 28.8 Å². The smallest absolute Gasteiger partial charge is 0.209 e. The van der Waals surface area contributed by atoms with E-state index in [0.717, 1.165) is 0 Å². The first-order valence-electron chi connectivity index (χ1n) is 5.88. The lowest BCUT2D eigenvalue weighted by Crippen LogP contribution is -2.17. The quantitative estimate of drug-likeness (QED) is 0.642. The number of fused-ring (bicyclic) bond motifs is 1. The SMILES string of the molecule is N#Cc1cn(C2CC2)c2c(F)c(F)c(F)c(N)c2c1=O. The van der Waals surface area contributed by atoms with Crippen LogP contribution >= 0.6 is 0 Å². The van der Waals surface area contributed by atoms with Gasteiger partial charge in [0, 0.05) is 12.2 Å². The summed E-state index contributed by atoms with van der Waals surface area (Å²) in [6.45, 7) is 0. The molecule has 1 aromatic heterocycles. The molecule has 0 atom stereocenters. The van der Waals surface area contributed by atoms with Crippen LogP contribution in [0.25, 0.3) is 10.9 Å². The van der Waals surface area contributed by atoms with Gasteiger partial charge in [0.2, 0.25) is 5.43 Å². The van der Waals surface area contributed by atoms with Gasteiger partial charge in [-0.2, -0.15) is 5.26 Å². The number of benzene rings is 1. The molecule has 1 aliphatic rings. The van der Waals surface area contributed by atoms with Crippen LogP contribution < -0.4 is 11.2 Å². The van der Waals surface area contributed by atoms with Gasteiger partial charge in [0.25, 0.3) is 0 Å². The van der Waals surface area contributed by atoms with E-state index in [4.69, 9.17) is 11.0 Å². The molecule has 102 valence electrons. The number of pyridine rings is 1. The van der Waals surface area contributed by atoms with Crippen molar-refractivity contribution in [2.75, 3.05) is 5.73 Å². The standard InChI is InChI=1S/C13H8F3N3O/c14-8-9(15)11(18)7-12(10(8)16)19(6-1-2-6)4-5(3-17)13(7)20/h4,6H,1-2,18H2. The lowest BCUT2D eigenvalue weighted by molar-refractivity contribution is 0.452. The summed E-state index contributed by atoms with van der Waals surface area (Å²) >= 11 is 0. The van der Waals surface area contributed by atoms with Gasteiger partial charge in [0.15, 0.2) is 17.5 Å². The molecule has 0 aliphatic heterocycles. The number of halogens is 3. The minimum absolute atomic E-state index is 0.135. The molecule has 1 aliphatic carbocycles. The third-order valence-electron chi connectivity index (χ3n) is 3.39. The fraction of sp³-hybridized carbons (Fsp3) is 0.231. The van der Waals surface area contributed by atoms with Crippen LogP contribution in [0.15, 0.2) is 11.0 Å². The number of anilines is 1. The van der Waals surface area contributed by atoms with Crippen molar-refractivity contribution in [1.82, 2.24) is 4.57 Å². The fourth-order valence-electron chi connectivity index (χ4n) is 2.26. The van der Waals surface area contributed by atoms with E-state index in [1.54, 1.807) is 6.07 Å². The van der Waals surface area contributed by atoms with Crippen molar-refractivity contribution in [1.29, 1.82) is 5.26 Å². The number of nitrogens with zero attached hydrogens (tertiary/aromatic N) is 2. The zero-order valence-corrected chi connectivity index (χ0v) is 10.1. The summed E-state index contributed by atoms with van der Waals surface area (Å²) in [5.41, 5.74) is 3.08. The number of hydrogen-bond donors (Lipinski definition) is 1. The topological polar surface area (TPSA) is 71.8 Å². The number of nitrogen functional groups attached to an aromatic ring is 1. The van der Waals surface area contributed by atoms with Crippen molar-refractivity contribution in [2.24, 2.45) is 0 Å². The molecule has 7 heteroatoms. The summed E-state index contributed by atoms with van der Waals surface area (Å²) in [6, 6.07) is 1.53. The minimum atomic E-state index is -1.71. The molecule has 2 N–H and O–H groups in total. The van der Waals surface area contributed by atoms with Gasteiger partial charge >= 0.3 is 0 Å². The van der Waals surface area contributed by atoms with Crippen LogP contribution in [0.2, 0.25) is 0 Å². The predicted molar refractivity (Wildman–Crippen MR) is 65.5 cm³/mol. The van der Waals surface area contributed by atoms with Crippen LogP contribution in [-0.2, 0) is 0 Å². The van der Waals surface area contributed by atoms with Crippen molar-refractivity contribution >= 4 is 16.6 Å². The van der Waals surface area contributed by atoms with Crippen molar-refractivity contribution in [3.63, 3.8) is 0 Å². The van der Waals surface area contributed by atoms with Gasteiger partial charge in [-0.1, -0.05) is 0 Å². The van der Waals surface area contributed by atoms with Gasteiger partial charge < -0.3 is 10.3 Å². The summed E-state index contributed by atoms with van der Waals surface area (Å²) in [7, 11) is 0. The molecule has 4 nitrogen and oxygen atoms in total. The van der Waals surface area contributed by atoms with Crippen LogP contribution in [0.5, 0.6) is 0 Å². The van der Waals surface area contributed by atoms with E-state index in [1.807, 2.05) is 0 Å². The summed E-state index contributed by atoms with van der Waals surface area (Å²) in [5.74, 6) is -4.78. The van der Waals surface area contributed by atoms with Crippen molar-refractivity contribution in [3.05, 3.63) is 39.4 Å². The Morgan fingerprint density at radius 3 is 2.45 bits per heavy atom. The van der Waals surface area contributed by atoms with Crippen molar-refractivity contribution in [3.8, 4) is 6.07 Å². The molecule has 1 saturated carbocycles. The molecule has 1 fully saturated rings. The first-order chi connectivity index (χ1) is 9.47. The summed E-state index contributed by atoms with van der Waals surface area (Å²) < 4.78 is 42.3. The second-order valence-corrected chi connectivity index (χ2v) is 4.70. The first kappa shape index (κ1) is 12.5. The van der Waals surface area contributed by atoms with E-state index in [0.29, 0.717) is 12.8 Å². The molecule has 0 amide bonds. The Balaban J connectivity index is 2.61. The second kappa shape index (κ2) is 4.00. The maximum Gasteiger partial charge on any atom is 0.209 e. The van der Waals surface area contributed by atoms with E-state index in [-0.39, 0.29) is 17.1 Å². The number of aromatic nitrogens is 1. The summed E-state index contributed by atoms with van der Waals surface area (Å²) in [5, 5.41) is 8.44. The third kappa shape index (κ3) is 1.51. The van der Waals surface area contributed by atoms with Gasteiger partial charge in [0.05, 0.1) is 16.6 Å². The summed E-state index contributed by atoms with van der Waals surface area (Å²) in [6.07, 6.45) is 2.59. The van der Waals surface area contributed by atoms with Gasteiger partial charge in [-0.3, -0.25) is 4.79 Å². The van der Waals surface area contributed by atoms with Crippen LogP contribution in [0.4, 0.5) is 18.9 Å². The Labute approximate surface area is 110 Å². The highest BCUT2D eigenvalue weighted by atomic mass is 19.2. The van der Waals surface area contributed by atoms with E-state index >= 15 is 0 Å². The van der Waals surface area contributed by atoms with Crippen LogP contribution in [0.1, 0.15) is 24.4 Å². The van der Waals surface area contributed by atoms with Crippen LogP contribution in [0.3, 0.4) is 0 Å². The largest absolute Gasteiger partial charge is 0.396 e. The molecule has 2 aromatic rings. The molecule has 3 rings (SSSR count). The molecule has 20 heavy (non-hydrogen) atoms. The molecule has 1 heterocycles. The average molecular weight is 279 g/mol. The van der Waals surface area contributed by atoms with E-state index in [1.165, 1.54) is 10.8 Å². The zero-order valence-electron chi connectivity index (χ0n) is 10.1. The lowest BCUT2D eigenvalue weighted by Gasteiger charge is -2.13. The molecular weight excluding hydrogens is 271 g/mol. The average Bonchev–Trinajstić information content (AvgIpc) is 3.26. The lowest BCUT2D eigenvalue weighted by atomic mass is 10.1. The fourth-order valence-corrected chi connectivity index (χ4v) is 2.26. The normalized spacial score (nSPS) is 14.5. The highest BCUT2D eigenvalue weighted by molar-refractivity contribution is 5.92. The highest BCUT2D eigenvalue weighted by Crippen LogP contribution is 2.39. The Morgan fingerprint density at radius 1 is 1.25 bits per heavy atom. The number of nitrogens with two attached hydrogens (primary N) is 1. The zero-order chi connectivity index (χ0) is 14.6. The van der Waals surface area contributed by atoms with E-state index < -0.39 is 34.0 Å².